The molecule has 164 valence electrons. The molecule has 8 heteroatoms. The zero-order valence-electron chi connectivity index (χ0n) is 17.2. The van der Waals surface area contributed by atoms with Crippen molar-refractivity contribution >= 4 is 39.3 Å². The van der Waals surface area contributed by atoms with Gasteiger partial charge in [-0.1, -0.05) is 23.8 Å². The number of carbonyl (C=O) groups is 4. The van der Waals surface area contributed by atoms with Gasteiger partial charge in [0, 0.05) is 28.7 Å². The molecule has 5 rings (SSSR count). The number of aromatic hydroxyl groups is 1. The number of benzene rings is 1. The van der Waals surface area contributed by atoms with Crippen LogP contribution >= 0.6 is 15.9 Å². The summed E-state index contributed by atoms with van der Waals surface area (Å²) in [6.07, 6.45) is 3.71. The second-order valence-corrected chi connectivity index (χ2v) is 9.23. The van der Waals surface area contributed by atoms with Gasteiger partial charge in [-0.15, -0.1) is 0 Å². The van der Waals surface area contributed by atoms with E-state index in [0.29, 0.717) is 29.7 Å². The molecule has 1 aliphatic heterocycles. The van der Waals surface area contributed by atoms with Crippen LogP contribution in [0.2, 0.25) is 0 Å². The number of halogens is 1. The molecule has 32 heavy (non-hydrogen) atoms. The maximum Gasteiger partial charge on any atom is 0.231 e. The number of amides is 2. The molecule has 4 atom stereocenters. The van der Waals surface area contributed by atoms with Crippen molar-refractivity contribution in [3.63, 3.8) is 0 Å². The minimum absolute atomic E-state index is 0.101. The number of hydrogen-bond donors (Lipinski definition) is 2. The zero-order chi connectivity index (χ0) is 22.7. The Morgan fingerprint density at radius 2 is 1.94 bits per heavy atom. The predicted molar refractivity (Wildman–Crippen MR) is 117 cm³/mol. The van der Waals surface area contributed by atoms with E-state index in [1.54, 1.807) is 25.1 Å². The molecule has 0 saturated carbocycles. The van der Waals surface area contributed by atoms with E-state index in [1.165, 1.54) is 6.08 Å². The Morgan fingerprint density at radius 1 is 1.16 bits per heavy atom. The Kier molecular flexibility index (Phi) is 4.93. The predicted octanol–water partition coefficient (Wildman–Crippen LogP) is 2.84. The van der Waals surface area contributed by atoms with Crippen LogP contribution in [0, 0.1) is 17.8 Å². The van der Waals surface area contributed by atoms with Crippen LogP contribution in [0.1, 0.15) is 31.2 Å². The van der Waals surface area contributed by atoms with Crippen LogP contribution < -0.4 is 10.1 Å². The molecule has 0 unspecified atom stereocenters. The van der Waals surface area contributed by atoms with Gasteiger partial charge in [0.2, 0.25) is 11.8 Å². The van der Waals surface area contributed by atoms with Gasteiger partial charge < -0.3 is 9.84 Å². The third-order valence-corrected chi connectivity index (χ3v) is 7.40. The maximum absolute atomic E-state index is 13.1. The first-order valence-electron chi connectivity index (χ1n) is 10.5. The van der Waals surface area contributed by atoms with Gasteiger partial charge in [0.25, 0.3) is 0 Å². The Morgan fingerprint density at radius 3 is 2.69 bits per heavy atom. The van der Waals surface area contributed by atoms with E-state index in [4.69, 9.17) is 4.74 Å². The molecule has 4 aliphatic rings. The van der Waals surface area contributed by atoms with Crippen LogP contribution in [0.5, 0.6) is 11.5 Å². The van der Waals surface area contributed by atoms with Crippen LogP contribution in [0.25, 0.3) is 0 Å². The summed E-state index contributed by atoms with van der Waals surface area (Å²) in [5, 5.41) is 13.4. The first-order chi connectivity index (χ1) is 15.3. The molecule has 0 spiro atoms. The van der Waals surface area contributed by atoms with Gasteiger partial charge in [0.1, 0.15) is 0 Å². The Bertz CT molecular complexity index is 1190. The van der Waals surface area contributed by atoms with Gasteiger partial charge in [-0.25, -0.2) is 0 Å². The second-order valence-electron chi connectivity index (χ2n) is 8.37. The number of ether oxygens (including phenoxy) is 1. The van der Waals surface area contributed by atoms with Crippen molar-refractivity contribution < 1.29 is 29.0 Å². The molecule has 1 aromatic rings. The van der Waals surface area contributed by atoms with E-state index in [9.17, 15) is 24.3 Å². The molecular weight excluding hydrogens is 478 g/mol. The summed E-state index contributed by atoms with van der Waals surface area (Å²) in [7, 11) is 0. The third kappa shape index (κ3) is 2.92. The first-order valence-corrected chi connectivity index (χ1v) is 11.3. The molecule has 1 heterocycles. The minimum atomic E-state index is -0.707. The molecule has 0 bridgehead atoms. The molecule has 1 saturated heterocycles. The van der Waals surface area contributed by atoms with Crippen molar-refractivity contribution in [2.24, 2.45) is 17.8 Å². The molecule has 2 N–H and O–H groups in total. The van der Waals surface area contributed by atoms with Crippen LogP contribution in [0.15, 0.2) is 51.6 Å². The van der Waals surface area contributed by atoms with Gasteiger partial charge in [-0.2, -0.15) is 0 Å². The van der Waals surface area contributed by atoms with Crippen molar-refractivity contribution in [2.75, 3.05) is 6.61 Å². The number of phenols is 1. The summed E-state index contributed by atoms with van der Waals surface area (Å²) < 4.78 is 5.71. The number of phenolic OH excluding ortho intramolecular Hbond substituents is 1. The number of carbonyl (C=O) groups excluding carboxylic acids is 4. The quantitative estimate of drug-likeness (QED) is 0.377. The van der Waals surface area contributed by atoms with Gasteiger partial charge in [-0.3, -0.25) is 24.5 Å². The van der Waals surface area contributed by atoms with Crippen LogP contribution in [-0.2, 0) is 19.2 Å². The SMILES string of the molecule is CCOc1cccc([C@H]2C3=CC[C@@H]4C(=O)NC(=O)[C@@H]4[C@@H]3CC3=C2C(=O)C=C(Br)C3=O)c1O. The first kappa shape index (κ1) is 20.9. The lowest BCUT2D eigenvalue weighted by molar-refractivity contribution is -0.126. The average molecular weight is 498 g/mol. The highest BCUT2D eigenvalue weighted by molar-refractivity contribution is 9.12. The van der Waals surface area contributed by atoms with E-state index in [2.05, 4.69) is 21.2 Å². The van der Waals surface area contributed by atoms with Crippen LogP contribution in [-0.4, -0.2) is 35.1 Å². The van der Waals surface area contributed by atoms with E-state index in [-0.39, 0.29) is 45.8 Å². The highest BCUT2D eigenvalue weighted by Gasteiger charge is 2.53. The van der Waals surface area contributed by atoms with Gasteiger partial charge in [0.15, 0.2) is 23.1 Å². The molecule has 0 radical (unpaired) electrons. The lowest BCUT2D eigenvalue weighted by Gasteiger charge is -2.42. The fraction of sp³-hybridized carbons (Fsp3) is 0.333. The van der Waals surface area contributed by atoms with Gasteiger partial charge in [-0.05, 0) is 47.7 Å². The number of fused-ring (bicyclic) bond motifs is 3. The lowest BCUT2D eigenvalue weighted by atomic mass is 9.59. The topological polar surface area (TPSA) is 110 Å². The fourth-order valence-corrected chi connectivity index (χ4v) is 5.96. The number of para-hydroxylation sites is 1. The summed E-state index contributed by atoms with van der Waals surface area (Å²) in [5.74, 6) is -3.33. The summed E-state index contributed by atoms with van der Waals surface area (Å²) in [6.45, 7) is 2.15. The highest BCUT2D eigenvalue weighted by atomic mass is 79.9. The maximum atomic E-state index is 13.1. The number of hydrogen-bond acceptors (Lipinski definition) is 6. The van der Waals surface area contributed by atoms with Crippen molar-refractivity contribution in [2.45, 2.75) is 25.7 Å². The van der Waals surface area contributed by atoms with Crippen LogP contribution in [0.4, 0.5) is 0 Å². The van der Waals surface area contributed by atoms with E-state index in [1.807, 2.05) is 6.08 Å². The number of allylic oxidation sites excluding steroid dienone is 6. The van der Waals surface area contributed by atoms with Crippen molar-refractivity contribution in [3.8, 4) is 11.5 Å². The fourth-order valence-electron chi connectivity index (χ4n) is 5.52. The van der Waals surface area contributed by atoms with Crippen molar-refractivity contribution in [1.82, 2.24) is 5.32 Å². The normalized spacial score (nSPS) is 29.1. The summed E-state index contributed by atoms with van der Waals surface area (Å²) in [6, 6.07) is 5.06. The minimum Gasteiger partial charge on any atom is -0.504 e. The molecule has 1 aromatic carbocycles. The number of imide groups is 1. The Balaban J connectivity index is 1.73. The number of ketones is 2. The molecule has 0 aromatic heterocycles. The monoisotopic (exact) mass is 497 g/mol. The van der Waals surface area contributed by atoms with E-state index in [0.717, 1.165) is 5.57 Å². The van der Waals surface area contributed by atoms with Gasteiger partial charge in [0.05, 0.1) is 22.9 Å². The van der Waals surface area contributed by atoms with E-state index >= 15 is 0 Å². The second kappa shape index (κ2) is 7.55. The highest BCUT2D eigenvalue weighted by Crippen LogP contribution is 2.56. The standard InChI is InChI=1S/C24H20BrNO6/c1-2-32-17-5-3-4-11(22(17)29)18-10-6-7-12-19(24(31)26-23(12)30)13(10)8-14-20(18)16(27)9-15(25)21(14)28/h3-6,9,12-13,18-19,29H,2,7-8H2,1H3,(H,26,30,31)/t12-,13+,18+,19-/m0/s1. The Hall–Kier alpha value is -3.00. The van der Waals surface area contributed by atoms with Crippen molar-refractivity contribution in [3.05, 3.63) is 57.1 Å². The number of nitrogens with one attached hydrogen (secondary N) is 1. The van der Waals surface area contributed by atoms with Crippen LogP contribution in [0.3, 0.4) is 0 Å². The summed E-state index contributed by atoms with van der Waals surface area (Å²) in [4.78, 5) is 51.1. The van der Waals surface area contributed by atoms with E-state index < -0.39 is 23.7 Å². The molecule has 1 fully saturated rings. The molecule has 3 aliphatic carbocycles. The Labute approximate surface area is 192 Å². The zero-order valence-corrected chi connectivity index (χ0v) is 18.8. The molecule has 7 nitrogen and oxygen atoms in total. The number of rotatable bonds is 3. The summed E-state index contributed by atoms with van der Waals surface area (Å²) in [5.41, 5.74) is 1.86. The molecule has 2 amide bonds. The molecular formula is C24H20BrNO6. The average Bonchev–Trinajstić information content (AvgIpc) is 3.06. The third-order valence-electron chi connectivity index (χ3n) is 6.82. The smallest absolute Gasteiger partial charge is 0.231 e. The largest absolute Gasteiger partial charge is 0.504 e. The lowest BCUT2D eigenvalue weighted by Crippen LogP contribution is -2.39. The number of Topliss-reactive ketones (excluding diaryl/α,β-unsaturated/α-hetero) is 1. The van der Waals surface area contributed by atoms with Gasteiger partial charge >= 0.3 is 0 Å². The summed E-state index contributed by atoms with van der Waals surface area (Å²) >= 11 is 3.18. The van der Waals surface area contributed by atoms with Crippen molar-refractivity contribution in [1.29, 1.82) is 0 Å².